The van der Waals surface area contributed by atoms with E-state index in [9.17, 15) is 19.5 Å². The number of carboxylic acid groups (broad SMARTS) is 1. The number of fused-ring (bicyclic) bond motifs is 2. The quantitative estimate of drug-likeness (QED) is 0.413. The second kappa shape index (κ2) is 9.60. The van der Waals surface area contributed by atoms with E-state index in [4.69, 9.17) is 11.6 Å². The van der Waals surface area contributed by atoms with Crippen molar-refractivity contribution in [2.24, 2.45) is 5.92 Å². The molecule has 4 N–H and O–H groups in total. The summed E-state index contributed by atoms with van der Waals surface area (Å²) in [5.41, 5.74) is 2.09. The lowest BCUT2D eigenvalue weighted by atomic mass is 9.82. The number of amides is 2. The van der Waals surface area contributed by atoms with Crippen molar-refractivity contribution in [3.05, 3.63) is 50.6 Å². The zero-order valence-corrected chi connectivity index (χ0v) is 20.7. The van der Waals surface area contributed by atoms with E-state index in [2.05, 4.69) is 25.5 Å². The lowest BCUT2D eigenvalue weighted by Crippen LogP contribution is -2.55. The first kappa shape index (κ1) is 23.8. The van der Waals surface area contributed by atoms with E-state index in [0.29, 0.717) is 28.6 Å². The summed E-state index contributed by atoms with van der Waals surface area (Å²) in [7, 11) is 2.04. The highest BCUT2D eigenvalue weighted by atomic mass is 35.5. The fourth-order valence-electron chi connectivity index (χ4n) is 4.85. The first-order valence-corrected chi connectivity index (χ1v) is 12.8. The summed E-state index contributed by atoms with van der Waals surface area (Å²) in [5, 5.41) is 17.3. The maximum Gasteiger partial charge on any atom is 0.306 e. The molecule has 1 saturated carbocycles. The first-order valence-electron chi connectivity index (χ1n) is 11.6. The van der Waals surface area contributed by atoms with Crippen LogP contribution in [0, 0.1) is 5.92 Å². The summed E-state index contributed by atoms with van der Waals surface area (Å²) in [5.74, 6) is -2.13. The number of aliphatic carboxylic acids is 1. The molecule has 3 heterocycles. The zero-order chi connectivity index (χ0) is 24.7. The van der Waals surface area contributed by atoms with Crippen LogP contribution in [0.15, 0.2) is 24.3 Å². The number of nitrogens with zero attached hydrogens (tertiary/aromatic N) is 2. The second-order valence-corrected chi connectivity index (χ2v) is 10.8. The molecule has 0 saturated heterocycles. The molecule has 9 nitrogen and oxygen atoms in total. The molecule has 35 heavy (non-hydrogen) atoms. The normalized spacial score (nSPS) is 22.5. The summed E-state index contributed by atoms with van der Waals surface area (Å²) < 4.78 is 0. The fourth-order valence-corrected chi connectivity index (χ4v) is 6.12. The number of carboxylic acids is 1. The zero-order valence-electron chi connectivity index (χ0n) is 19.1. The molecule has 2 aromatic heterocycles. The number of aromatic amines is 1. The van der Waals surface area contributed by atoms with Crippen LogP contribution in [0.5, 0.6) is 0 Å². The number of halogens is 1. The molecule has 184 valence electrons. The van der Waals surface area contributed by atoms with Crippen molar-refractivity contribution in [3.63, 3.8) is 0 Å². The Labute approximate surface area is 210 Å². The van der Waals surface area contributed by atoms with Gasteiger partial charge in [-0.2, -0.15) is 0 Å². The average molecular weight is 516 g/mol. The number of H-pyrrole nitrogens is 1. The van der Waals surface area contributed by atoms with Crippen molar-refractivity contribution < 1.29 is 19.5 Å². The summed E-state index contributed by atoms with van der Waals surface area (Å²) >= 11 is 7.45. The fraction of sp³-hybridized carbons (Fsp3) is 0.417. The SMILES string of the molecule is CN1CCc2nc(C(=O)N[C@@H]3CC[C@@H](C(=O)O)C[C@@H]3NC(=O)c3cc4cc(Cl)ccc4[nH]3)sc2C1. The Kier molecular flexibility index (Phi) is 6.52. The van der Waals surface area contributed by atoms with Crippen LogP contribution in [0.25, 0.3) is 10.9 Å². The number of nitrogens with one attached hydrogen (secondary N) is 3. The van der Waals surface area contributed by atoms with Crippen LogP contribution >= 0.6 is 22.9 Å². The third kappa shape index (κ3) is 5.05. The van der Waals surface area contributed by atoms with Gasteiger partial charge in [0.15, 0.2) is 5.01 Å². The number of hydrogen-bond donors (Lipinski definition) is 4. The van der Waals surface area contributed by atoms with Gasteiger partial charge in [0, 0.05) is 46.4 Å². The van der Waals surface area contributed by atoms with Gasteiger partial charge in [-0.15, -0.1) is 11.3 Å². The number of thiazole rings is 1. The van der Waals surface area contributed by atoms with Crippen LogP contribution < -0.4 is 10.6 Å². The molecule has 1 fully saturated rings. The molecular weight excluding hydrogens is 490 g/mol. The van der Waals surface area contributed by atoms with Gasteiger partial charge in [0.2, 0.25) is 0 Å². The number of aromatic nitrogens is 2. The van der Waals surface area contributed by atoms with E-state index >= 15 is 0 Å². The molecule has 2 amide bonds. The standard InChI is InChI=1S/C24H26ClN5O4S/c1-30-7-6-17-20(11-30)35-23(29-17)22(32)27-16-4-2-12(24(33)34)9-18(16)28-21(31)19-10-13-8-14(25)3-5-15(13)26-19/h3,5,8,10,12,16,18,26H,2,4,6-7,9,11H2,1H3,(H,27,32)(H,28,31)(H,33,34)/t12-,16-,18+/m1/s1. The van der Waals surface area contributed by atoms with Crippen molar-refractivity contribution in [1.82, 2.24) is 25.5 Å². The number of benzene rings is 1. The minimum atomic E-state index is -0.897. The number of rotatable bonds is 5. The van der Waals surface area contributed by atoms with Gasteiger partial charge in [-0.3, -0.25) is 14.4 Å². The second-order valence-electron chi connectivity index (χ2n) is 9.30. The predicted octanol–water partition coefficient (Wildman–Crippen LogP) is 3.05. The van der Waals surface area contributed by atoms with Crippen LogP contribution in [-0.2, 0) is 17.8 Å². The van der Waals surface area contributed by atoms with Gasteiger partial charge >= 0.3 is 5.97 Å². The van der Waals surface area contributed by atoms with Crippen LogP contribution in [0.3, 0.4) is 0 Å². The Hall–Kier alpha value is -2.95. The average Bonchev–Trinajstić information content (AvgIpc) is 3.43. The van der Waals surface area contributed by atoms with E-state index < -0.39 is 24.0 Å². The Morgan fingerprint density at radius 1 is 1.17 bits per heavy atom. The molecule has 3 aromatic rings. The summed E-state index contributed by atoms with van der Waals surface area (Å²) in [6.45, 7) is 1.68. The third-order valence-corrected chi connectivity index (χ3v) is 8.09. The number of carbonyl (C=O) groups excluding carboxylic acids is 2. The van der Waals surface area contributed by atoms with E-state index in [0.717, 1.165) is 41.0 Å². The molecule has 11 heteroatoms. The highest BCUT2D eigenvalue weighted by molar-refractivity contribution is 7.13. The predicted molar refractivity (Wildman–Crippen MR) is 133 cm³/mol. The third-order valence-electron chi connectivity index (χ3n) is 6.78. The van der Waals surface area contributed by atoms with Crippen LogP contribution in [0.1, 0.15) is 50.1 Å². The molecular formula is C24H26ClN5O4S. The van der Waals surface area contributed by atoms with Gasteiger partial charge in [0.25, 0.3) is 11.8 Å². The van der Waals surface area contributed by atoms with Gasteiger partial charge in [0.05, 0.1) is 17.7 Å². The highest BCUT2D eigenvalue weighted by Crippen LogP contribution is 2.28. The molecule has 0 spiro atoms. The molecule has 5 rings (SSSR count). The highest BCUT2D eigenvalue weighted by Gasteiger charge is 2.36. The molecule has 0 unspecified atom stereocenters. The van der Waals surface area contributed by atoms with Crippen molar-refractivity contribution in [2.75, 3.05) is 13.6 Å². The van der Waals surface area contributed by atoms with Crippen LogP contribution in [-0.4, -0.2) is 63.4 Å². The maximum atomic E-state index is 13.1. The number of likely N-dealkylation sites (N-methyl/N-ethyl adjacent to an activating group) is 1. The van der Waals surface area contributed by atoms with Crippen molar-refractivity contribution in [3.8, 4) is 0 Å². The van der Waals surface area contributed by atoms with Crippen molar-refractivity contribution >= 4 is 51.6 Å². The van der Waals surface area contributed by atoms with Gasteiger partial charge in [-0.25, -0.2) is 4.98 Å². The van der Waals surface area contributed by atoms with Crippen molar-refractivity contribution in [1.29, 1.82) is 0 Å². The van der Waals surface area contributed by atoms with Gasteiger partial charge < -0.3 is 25.6 Å². The minimum absolute atomic E-state index is 0.233. The van der Waals surface area contributed by atoms with Crippen molar-refractivity contribution in [2.45, 2.75) is 44.3 Å². The first-order chi connectivity index (χ1) is 16.8. The largest absolute Gasteiger partial charge is 0.481 e. The molecule has 0 radical (unpaired) electrons. The lowest BCUT2D eigenvalue weighted by molar-refractivity contribution is -0.143. The van der Waals surface area contributed by atoms with Gasteiger partial charge in [0.1, 0.15) is 5.69 Å². The minimum Gasteiger partial charge on any atom is -0.481 e. The molecule has 2 aliphatic rings. The van der Waals surface area contributed by atoms with Gasteiger partial charge in [-0.1, -0.05) is 11.6 Å². The Bertz CT molecular complexity index is 1300. The lowest BCUT2D eigenvalue weighted by Gasteiger charge is -2.35. The molecule has 1 aromatic carbocycles. The number of carbonyl (C=O) groups is 3. The topological polar surface area (TPSA) is 127 Å². The maximum absolute atomic E-state index is 13.1. The van der Waals surface area contributed by atoms with Gasteiger partial charge in [-0.05, 0) is 50.6 Å². The molecule has 0 bridgehead atoms. The van der Waals surface area contributed by atoms with Crippen LogP contribution in [0.2, 0.25) is 5.02 Å². The Balaban J connectivity index is 1.32. The monoisotopic (exact) mass is 515 g/mol. The van der Waals surface area contributed by atoms with E-state index in [1.165, 1.54) is 11.3 Å². The molecule has 3 atom stereocenters. The summed E-state index contributed by atoms with van der Waals surface area (Å²) in [6, 6.07) is 6.07. The number of hydrogen-bond acceptors (Lipinski definition) is 6. The Morgan fingerprint density at radius 2 is 1.97 bits per heavy atom. The van der Waals surface area contributed by atoms with E-state index in [1.807, 2.05) is 7.05 Å². The smallest absolute Gasteiger partial charge is 0.306 e. The summed E-state index contributed by atoms with van der Waals surface area (Å²) in [4.78, 5) is 48.7. The Morgan fingerprint density at radius 3 is 2.77 bits per heavy atom. The summed E-state index contributed by atoms with van der Waals surface area (Å²) in [6.07, 6.45) is 1.92. The molecule has 1 aliphatic carbocycles. The molecule has 1 aliphatic heterocycles. The van der Waals surface area contributed by atoms with E-state index in [1.54, 1.807) is 24.3 Å². The van der Waals surface area contributed by atoms with E-state index in [-0.39, 0.29) is 18.2 Å². The van der Waals surface area contributed by atoms with Crippen LogP contribution in [0.4, 0.5) is 0 Å².